The number of hydrogen-bond donors (Lipinski definition) is 1. The van der Waals surface area contributed by atoms with Gasteiger partial charge < -0.3 is 24.1 Å². The summed E-state index contributed by atoms with van der Waals surface area (Å²) in [5.74, 6) is 0.797. The molecule has 0 amide bonds. The Morgan fingerprint density at radius 3 is 2.50 bits per heavy atom. The van der Waals surface area contributed by atoms with Crippen LogP contribution in [0.5, 0.6) is 23.0 Å². The zero-order chi connectivity index (χ0) is 25.9. The molecular formula is C26H23BrN2O6S. The van der Waals surface area contributed by atoms with Crippen LogP contribution in [-0.4, -0.2) is 22.1 Å². The minimum absolute atomic E-state index is 0.00543. The Morgan fingerprint density at radius 1 is 1.08 bits per heavy atom. The lowest BCUT2D eigenvalue weighted by Gasteiger charge is -2.27. The first-order valence-corrected chi connectivity index (χ1v) is 13.2. The predicted octanol–water partition coefficient (Wildman–Crippen LogP) is 5.23. The number of methoxy groups -OCH3 is 1. The molecule has 0 bridgehead atoms. The highest BCUT2D eigenvalue weighted by molar-refractivity contribution is 9.10. The van der Waals surface area contributed by atoms with Gasteiger partial charge in [-0.3, -0.25) is 0 Å². The molecule has 3 aromatic carbocycles. The minimum atomic E-state index is -4.08. The molecule has 0 saturated heterocycles. The van der Waals surface area contributed by atoms with Crippen molar-refractivity contribution in [2.24, 2.45) is 5.73 Å². The van der Waals surface area contributed by atoms with E-state index in [0.29, 0.717) is 23.7 Å². The molecule has 10 heteroatoms. The van der Waals surface area contributed by atoms with Crippen molar-refractivity contribution in [3.05, 3.63) is 87.7 Å². The molecule has 1 atom stereocenters. The van der Waals surface area contributed by atoms with Crippen LogP contribution in [0.1, 0.15) is 30.4 Å². The fourth-order valence-corrected chi connectivity index (χ4v) is 4.99. The van der Waals surface area contributed by atoms with Gasteiger partial charge in [0.15, 0.2) is 11.5 Å². The fourth-order valence-electron chi connectivity index (χ4n) is 3.80. The number of benzene rings is 3. The Kier molecular flexibility index (Phi) is 7.43. The van der Waals surface area contributed by atoms with E-state index in [1.807, 2.05) is 13.0 Å². The van der Waals surface area contributed by atoms with Gasteiger partial charge in [-0.1, -0.05) is 35.0 Å². The summed E-state index contributed by atoms with van der Waals surface area (Å²) in [5.41, 5.74) is 7.68. The first kappa shape index (κ1) is 25.4. The Bertz CT molecular complexity index is 1460. The average molecular weight is 571 g/mol. The largest absolute Gasteiger partial charge is 0.493 e. The van der Waals surface area contributed by atoms with E-state index in [2.05, 4.69) is 22.0 Å². The lowest BCUT2D eigenvalue weighted by atomic mass is 9.83. The summed E-state index contributed by atoms with van der Waals surface area (Å²) in [6.07, 6.45) is 0.845. The Labute approximate surface area is 218 Å². The second-order valence-electron chi connectivity index (χ2n) is 7.87. The number of nitrogens with zero attached hydrogens (tertiary/aromatic N) is 1. The van der Waals surface area contributed by atoms with Gasteiger partial charge in [-0.2, -0.15) is 13.7 Å². The van der Waals surface area contributed by atoms with E-state index >= 15 is 0 Å². The third-order valence-corrected chi connectivity index (χ3v) is 7.27. The van der Waals surface area contributed by atoms with Crippen molar-refractivity contribution >= 4 is 26.0 Å². The number of nitriles is 1. The fraction of sp³-hybridized carbons (Fsp3) is 0.192. The molecule has 1 aliphatic heterocycles. The summed E-state index contributed by atoms with van der Waals surface area (Å²) >= 11 is 3.28. The van der Waals surface area contributed by atoms with Crippen molar-refractivity contribution in [2.45, 2.75) is 24.2 Å². The van der Waals surface area contributed by atoms with Gasteiger partial charge in [0, 0.05) is 16.1 Å². The Balaban J connectivity index is 1.71. The van der Waals surface area contributed by atoms with Crippen LogP contribution < -0.4 is 24.1 Å². The number of fused-ring (bicyclic) bond motifs is 1. The van der Waals surface area contributed by atoms with Crippen molar-refractivity contribution in [3.8, 4) is 29.1 Å². The molecule has 2 N–H and O–H groups in total. The van der Waals surface area contributed by atoms with E-state index < -0.39 is 16.0 Å². The highest BCUT2D eigenvalue weighted by Gasteiger charge is 2.32. The molecule has 3 aromatic rings. The molecule has 0 aliphatic carbocycles. The predicted molar refractivity (Wildman–Crippen MR) is 136 cm³/mol. The lowest BCUT2D eigenvalue weighted by molar-refractivity contribution is 0.294. The van der Waals surface area contributed by atoms with E-state index in [1.54, 1.807) is 37.4 Å². The molecule has 0 aromatic heterocycles. The third kappa shape index (κ3) is 5.12. The molecule has 1 heterocycles. The van der Waals surface area contributed by atoms with Gasteiger partial charge in [0.2, 0.25) is 5.88 Å². The van der Waals surface area contributed by atoms with Gasteiger partial charge in [-0.05, 0) is 54.4 Å². The van der Waals surface area contributed by atoms with Crippen LogP contribution in [0, 0.1) is 11.3 Å². The maximum Gasteiger partial charge on any atom is 0.339 e. The van der Waals surface area contributed by atoms with Crippen molar-refractivity contribution in [1.82, 2.24) is 0 Å². The molecule has 36 heavy (non-hydrogen) atoms. The van der Waals surface area contributed by atoms with Crippen LogP contribution in [-0.2, 0) is 10.1 Å². The van der Waals surface area contributed by atoms with Gasteiger partial charge in [0.25, 0.3) is 0 Å². The van der Waals surface area contributed by atoms with Gasteiger partial charge in [0.1, 0.15) is 28.0 Å². The van der Waals surface area contributed by atoms with E-state index in [9.17, 15) is 13.7 Å². The van der Waals surface area contributed by atoms with E-state index in [1.165, 1.54) is 24.3 Å². The average Bonchev–Trinajstić information content (AvgIpc) is 2.86. The molecule has 1 aliphatic rings. The smallest absolute Gasteiger partial charge is 0.339 e. The summed E-state index contributed by atoms with van der Waals surface area (Å²) in [6.45, 7) is 2.55. The molecule has 8 nitrogen and oxygen atoms in total. The summed E-state index contributed by atoms with van der Waals surface area (Å²) in [6, 6.07) is 18.2. The molecular weight excluding hydrogens is 548 g/mol. The number of nitrogens with two attached hydrogens (primary N) is 1. The maximum atomic E-state index is 12.7. The Hall–Kier alpha value is -3.68. The number of ether oxygens (including phenoxy) is 3. The number of halogens is 1. The molecule has 0 saturated carbocycles. The lowest BCUT2D eigenvalue weighted by Crippen LogP contribution is -2.21. The van der Waals surface area contributed by atoms with E-state index in [4.69, 9.17) is 24.1 Å². The Morgan fingerprint density at radius 2 is 1.83 bits per heavy atom. The minimum Gasteiger partial charge on any atom is -0.493 e. The quantitative estimate of drug-likeness (QED) is 0.365. The van der Waals surface area contributed by atoms with Gasteiger partial charge >= 0.3 is 10.1 Å². The first-order chi connectivity index (χ1) is 17.3. The van der Waals surface area contributed by atoms with Crippen molar-refractivity contribution in [2.75, 3.05) is 13.7 Å². The maximum absolute atomic E-state index is 12.7. The van der Waals surface area contributed by atoms with Crippen LogP contribution in [0.4, 0.5) is 0 Å². The molecule has 1 unspecified atom stereocenters. The molecule has 186 valence electrons. The van der Waals surface area contributed by atoms with Gasteiger partial charge in [-0.25, -0.2) is 0 Å². The number of allylic oxidation sites excluding steroid dienone is 1. The second kappa shape index (κ2) is 10.5. The van der Waals surface area contributed by atoms with Crippen LogP contribution >= 0.6 is 15.9 Å². The highest BCUT2D eigenvalue weighted by Crippen LogP contribution is 2.45. The molecule has 0 spiro atoms. The van der Waals surface area contributed by atoms with Gasteiger partial charge in [-0.15, -0.1) is 0 Å². The van der Waals surface area contributed by atoms with Crippen molar-refractivity contribution in [1.29, 1.82) is 5.26 Å². The standard InChI is InChI=1S/C26H23BrN2O6S/c1-3-12-33-22-11-4-16(13-24(22)32-2)25-20-10-7-18(14-23(20)34-26(29)21(25)15-28)35-36(30,31)19-8-5-17(27)6-9-19/h4-11,13-14,25H,3,12,29H2,1-2H3. The normalized spacial score (nSPS) is 14.9. The first-order valence-electron chi connectivity index (χ1n) is 11.0. The van der Waals surface area contributed by atoms with E-state index in [0.717, 1.165) is 16.5 Å². The van der Waals surface area contributed by atoms with Crippen LogP contribution in [0.25, 0.3) is 0 Å². The molecule has 0 fully saturated rings. The monoisotopic (exact) mass is 570 g/mol. The highest BCUT2D eigenvalue weighted by atomic mass is 79.9. The van der Waals surface area contributed by atoms with Crippen molar-refractivity contribution in [3.63, 3.8) is 0 Å². The summed E-state index contributed by atoms with van der Waals surface area (Å²) < 4.78 is 48.5. The second-order valence-corrected chi connectivity index (χ2v) is 10.3. The third-order valence-electron chi connectivity index (χ3n) is 5.48. The topological polar surface area (TPSA) is 121 Å². The summed E-state index contributed by atoms with van der Waals surface area (Å²) in [5, 5.41) is 9.84. The molecule has 0 radical (unpaired) electrons. The SMILES string of the molecule is CCCOc1ccc(C2C(C#N)=C(N)Oc3cc(OS(=O)(=O)c4ccc(Br)cc4)ccc32)cc1OC. The number of hydrogen-bond acceptors (Lipinski definition) is 8. The van der Waals surface area contributed by atoms with Gasteiger partial charge in [0.05, 0.1) is 19.6 Å². The number of rotatable bonds is 8. The van der Waals surface area contributed by atoms with E-state index in [-0.39, 0.29) is 27.9 Å². The van der Waals surface area contributed by atoms with Crippen LogP contribution in [0.3, 0.4) is 0 Å². The zero-order valence-electron chi connectivity index (χ0n) is 19.5. The van der Waals surface area contributed by atoms with Crippen LogP contribution in [0.15, 0.2) is 81.5 Å². The zero-order valence-corrected chi connectivity index (χ0v) is 21.9. The van der Waals surface area contributed by atoms with Crippen LogP contribution in [0.2, 0.25) is 0 Å². The summed E-state index contributed by atoms with van der Waals surface area (Å²) in [7, 11) is -2.53. The van der Waals surface area contributed by atoms with Crippen molar-refractivity contribution < 1.29 is 26.8 Å². The summed E-state index contributed by atoms with van der Waals surface area (Å²) in [4.78, 5) is 0.00543. The molecule has 4 rings (SSSR count).